The fourth-order valence-electron chi connectivity index (χ4n) is 5.50. The molecule has 0 radical (unpaired) electrons. The lowest BCUT2D eigenvalue weighted by Gasteiger charge is -2.33. The molecule has 0 unspecified atom stereocenters. The second kappa shape index (κ2) is 10.4. The molecule has 1 heterocycles. The normalized spacial score (nSPS) is 31.5. The summed E-state index contributed by atoms with van der Waals surface area (Å²) in [5.74, 6) is -1.58. The van der Waals surface area contributed by atoms with Gasteiger partial charge in [0.2, 0.25) is 17.7 Å². The van der Waals surface area contributed by atoms with E-state index >= 15 is 0 Å². The van der Waals surface area contributed by atoms with Gasteiger partial charge in [-0.1, -0.05) is 38.3 Å². The third kappa shape index (κ3) is 4.71. The molecule has 1 saturated heterocycles. The van der Waals surface area contributed by atoms with Crippen LogP contribution in [-0.4, -0.2) is 60.0 Å². The van der Waals surface area contributed by atoms with Crippen molar-refractivity contribution < 1.29 is 19.5 Å². The molecule has 0 bridgehead atoms. The summed E-state index contributed by atoms with van der Waals surface area (Å²) in [6, 6.07) is -0.382. The predicted octanol–water partition coefficient (Wildman–Crippen LogP) is 1.61. The van der Waals surface area contributed by atoms with Crippen molar-refractivity contribution in [3.63, 3.8) is 0 Å². The van der Waals surface area contributed by atoms with Crippen molar-refractivity contribution in [2.24, 2.45) is 23.7 Å². The Labute approximate surface area is 179 Å². The van der Waals surface area contributed by atoms with Crippen LogP contribution in [0.3, 0.4) is 0 Å². The van der Waals surface area contributed by atoms with Crippen LogP contribution in [0, 0.1) is 23.7 Å². The van der Waals surface area contributed by atoms with Crippen LogP contribution in [0.2, 0.25) is 0 Å². The van der Waals surface area contributed by atoms with Crippen molar-refractivity contribution in [1.29, 1.82) is 0 Å². The molecule has 3 amide bonds. The number of aliphatic hydroxyl groups excluding tert-OH is 1. The number of hydrogen-bond donors (Lipinski definition) is 3. The second-order valence-electron chi connectivity index (χ2n) is 9.09. The summed E-state index contributed by atoms with van der Waals surface area (Å²) in [5, 5.41) is 15.0. The molecule has 5 atom stereocenters. The molecule has 1 saturated carbocycles. The van der Waals surface area contributed by atoms with Crippen molar-refractivity contribution in [3.05, 3.63) is 12.2 Å². The summed E-state index contributed by atoms with van der Waals surface area (Å²) >= 11 is 0. The first-order chi connectivity index (χ1) is 14.5. The summed E-state index contributed by atoms with van der Waals surface area (Å²) in [7, 11) is 1.60. The quantitative estimate of drug-likeness (QED) is 0.411. The Bertz CT molecular complexity index is 659. The summed E-state index contributed by atoms with van der Waals surface area (Å²) in [5.41, 5.74) is 0. The number of fused-ring (bicyclic) bond motifs is 1. The van der Waals surface area contributed by atoms with Crippen molar-refractivity contribution in [2.75, 3.05) is 20.2 Å². The van der Waals surface area contributed by atoms with E-state index in [0.29, 0.717) is 13.0 Å². The fourth-order valence-corrected chi connectivity index (χ4v) is 5.50. The Hall–Kier alpha value is -1.89. The standard InChI is InChI=1S/C23H37N3O4/c1-15-11-12-17-19(18(15)21(28)24-2)23(30)26(13-7-4-8-14-27)20(17)22(29)25-16-9-5-3-6-10-16/h11-12,15-20,27H,3-10,13-14H2,1-2H3,(H,24,28)(H,25,29)/t15-,17+,18-,19+,20+/m1/s1. The molecule has 3 rings (SSSR count). The smallest absolute Gasteiger partial charge is 0.243 e. The van der Waals surface area contributed by atoms with Crippen LogP contribution in [0.15, 0.2) is 12.2 Å². The minimum atomic E-state index is -0.561. The molecule has 0 aromatic rings. The monoisotopic (exact) mass is 419 g/mol. The molecule has 3 N–H and O–H groups in total. The highest BCUT2D eigenvalue weighted by atomic mass is 16.3. The van der Waals surface area contributed by atoms with Crippen molar-refractivity contribution >= 4 is 17.7 Å². The number of rotatable bonds is 8. The number of nitrogens with one attached hydrogen (secondary N) is 2. The maximum absolute atomic E-state index is 13.5. The number of allylic oxidation sites excluding steroid dienone is 1. The highest BCUT2D eigenvalue weighted by molar-refractivity contribution is 5.96. The number of nitrogens with zero attached hydrogens (tertiary/aromatic N) is 1. The molecule has 0 aromatic heterocycles. The van der Waals surface area contributed by atoms with E-state index in [9.17, 15) is 14.4 Å². The van der Waals surface area contributed by atoms with Crippen molar-refractivity contribution in [1.82, 2.24) is 15.5 Å². The molecule has 168 valence electrons. The van der Waals surface area contributed by atoms with Crippen LogP contribution >= 0.6 is 0 Å². The van der Waals surface area contributed by atoms with Gasteiger partial charge in [0.25, 0.3) is 0 Å². The second-order valence-corrected chi connectivity index (χ2v) is 9.09. The zero-order valence-corrected chi connectivity index (χ0v) is 18.3. The minimum absolute atomic E-state index is 0.0495. The number of aliphatic hydroxyl groups is 1. The molecule has 30 heavy (non-hydrogen) atoms. The topological polar surface area (TPSA) is 98.7 Å². The van der Waals surface area contributed by atoms with Gasteiger partial charge in [0.05, 0.1) is 11.8 Å². The first kappa shape index (κ1) is 22.8. The Morgan fingerprint density at radius 2 is 1.83 bits per heavy atom. The van der Waals surface area contributed by atoms with E-state index in [-0.39, 0.29) is 42.2 Å². The Kier molecular flexibility index (Phi) is 7.92. The number of amides is 3. The Morgan fingerprint density at radius 3 is 2.50 bits per heavy atom. The molecule has 7 heteroatoms. The van der Waals surface area contributed by atoms with Crippen LogP contribution in [-0.2, 0) is 14.4 Å². The van der Waals surface area contributed by atoms with Gasteiger partial charge in [0.15, 0.2) is 0 Å². The van der Waals surface area contributed by atoms with E-state index in [4.69, 9.17) is 5.11 Å². The molecule has 1 aliphatic heterocycles. The molecule has 7 nitrogen and oxygen atoms in total. The lowest BCUT2D eigenvalue weighted by molar-refractivity contribution is -0.140. The van der Waals surface area contributed by atoms with E-state index in [1.807, 2.05) is 19.1 Å². The maximum Gasteiger partial charge on any atom is 0.243 e. The van der Waals surface area contributed by atoms with Gasteiger partial charge in [0.1, 0.15) is 6.04 Å². The van der Waals surface area contributed by atoms with E-state index in [1.165, 1.54) is 6.42 Å². The van der Waals surface area contributed by atoms with Crippen LogP contribution in [0.4, 0.5) is 0 Å². The number of carbonyl (C=O) groups excluding carboxylic acids is 3. The maximum atomic E-state index is 13.5. The predicted molar refractivity (Wildman–Crippen MR) is 114 cm³/mol. The number of unbranched alkanes of at least 4 members (excludes halogenated alkanes) is 2. The fraction of sp³-hybridized carbons (Fsp3) is 0.783. The van der Waals surface area contributed by atoms with Crippen LogP contribution < -0.4 is 10.6 Å². The Balaban J connectivity index is 1.83. The van der Waals surface area contributed by atoms with Gasteiger partial charge >= 0.3 is 0 Å². The summed E-state index contributed by atoms with van der Waals surface area (Å²) < 4.78 is 0. The average Bonchev–Trinajstić information content (AvgIpc) is 3.03. The van der Waals surface area contributed by atoms with Crippen LogP contribution in [0.5, 0.6) is 0 Å². The number of carbonyl (C=O) groups is 3. The van der Waals surface area contributed by atoms with Crippen molar-refractivity contribution in [3.8, 4) is 0 Å². The molecular weight excluding hydrogens is 382 g/mol. The number of likely N-dealkylation sites (tertiary alicyclic amines) is 1. The molecule has 2 aliphatic carbocycles. The third-order valence-electron chi connectivity index (χ3n) is 7.10. The number of hydrogen-bond acceptors (Lipinski definition) is 4. The van der Waals surface area contributed by atoms with Gasteiger partial charge in [-0.25, -0.2) is 0 Å². The van der Waals surface area contributed by atoms with Gasteiger partial charge in [-0.15, -0.1) is 0 Å². The van der Waals surface area contributed by atoms with Gasteiger partial charge in [-0.2, -0.15) is 0 Å². The first-order valence-electron chi connectivity index (χ1n) is 11.6. The Morgan fingerprint density at radius 1 is 1.10 bits per heavy atom. The summed E-state index contributed by atoms with van der Waals surface area (Å²) in [4.78, 5) is 41.2. The molecular formula is C23H37N3O4. The average molecular weight is 420 g/mol. The zero-order valence-electron chi connectivity index (χ0n) is 18.3. The van der Waals surface area contributed by atoms with E-state index in [0.717, 1.165) is 38.5 Å². The van der Waals surface area contributed by atoms with Crippen LogP contribution in [0.1, 0.15) is 58.3 Å². The van der Waals surface area contributed by atoms with Gasteiger partial charge in [-0.05, 0) is 38.0 Å². The molecule has 0 aromatic carbocycles. The van der Waals surface area contributed by atoms with Crippen molar-refractivity contribution in [2.45, 2.75) is 70.4 Å². The van der Waals surface area contributed by atoms with Crippen LogP contribution in [0.25, 0.3) is 0 Å². The minimum Gasteiger partial charge on any atom is -0.396 e. The first-order valence-corrected chi connectivity index (χ1v) is 11.6. The van der Waals surface area contributed by atoms with Gasteiger partial charge in [0, 0.05) is 32.2 Å². The van der Waals surface area contributed by atoms with Gasteiger partial charge in [-0.3, -0.25) is 14.4 Å². The van der Waals surface area contributed by atoms with E-state index in [1.54, 1.807) is 11.9 Å². The lowest BCUT2D eigenvalue weighted by atomic mass is 9.70. The third-order valence-corrected chi connectivity index (χ3v) is 7.10. The summed E-state index contributed by atoms with van der Waals surface area (Å²) in [6.45, 7) is 2.57. The largest absolute Gasteiger partial charge is 0.396 e. The van der Waals surface area contributed by atoms with Gasteiger partial charge < -0.3 is 20.6 Å². The molecule has 0 spiro atoms. The SMILES string of the molecule is CNC(=O)[C@H]1[C@H]2C(=O)N(CCCCCO)[C@H](C(=O)NC3CCCCC3)[C@H]2C=C[C@H]1C. The lowest BCUT2D eigenvalue weighted by Crippen LogP contribution is -2.50. The molecule has 2 fully saturated rings. The molecule has 3 aliphatic rings. The highest BCUT2D eigenvalue weighted by Crippen LogP contribution is 2.44. The van der Waals surface area contributed by atoms with E-state index in [2.05, 4.69) is 10.6 Å². The zero-order chi connectivity index (χ0) is 21.7. The highest BCUT2D eigenvalue weighted by Gasteiger charge is 2.56. The summed E-state index contributed by atoms with van der Waals surface area (Å²) in [6.07, 6.45) is 11.7. The van der Waals surface area contributed by atoms with E-state index < -0.39 is 17.9 Å².